The Morgan fingerprint density at radius 2 is 2.36 bits per heavy atom. The third-order valence-electron chi connectivity index (χ3n) is 1.82. The van der Waals surface area contributed by atoms with Crippen LogP contribution in [-0.4, -0.2) is 22.6 Å². The number of rotatable bonds is 6. The van der Waals surface area contributed by atoms with Crippen LogP contribution in [0.1, 0.15) is 32.3 Å². The molecule has 0 saturated heterocycles. The number of hydrogen-bond donors (Lipinski definition) is 2. The molecule has 14 heavy (non-hydrogen) atoms. The minimum atomic E-state index is 0.494. The van der Waals surface area contributed by atoms with Gasteiger partial charge in [0.2, 0.25) is 0 Å². The summed E-state index contributed by atoms with van der Waals surface area (Å²) in [6, 6.07) is 0.494. The van der Waals surface area contributed by atoms with E-state index in [0.29, 0.717) is 12.6 Å². The molecule has 0 unspecified atom stereocenters. The number of aromatic nitrogens is 2. The van der Waals surface area contributed by atoms with E-state index in [4.69, 9.17) is 4.74 Å². The second-order valence-corrected chi connectivity index (χ2v) is 3.53. The van der Waals surface area contributed by atoms with Gasteiger partial charge in [0.15, 0.2) is 0 Å². The number of imidazole rings is 1. The molecule has 2 N–H and O–H groups in total. The van der Waals surface area contributed by atoms with Crippen molar-refractivity contribution in [1.82, 2.24) is 15.3 Å². The Labute approximate surface area is 85.1 Å². The van der Waals surface area contributed by atoms with Crippen molar-refractivity contribution in [1.29, 1.82) is 0 Å². The van der Waals surface area contributed by atoms with E-state index in [0.717, 1.165) is 24.7 Å². The molecule has 0 spiro atoms. The molecular weight excluding hydrogens is 178 g/mol. The van der Waals surface area contributed by atoms with Crippen LogP contribution in [0.4, 0.5) is 0 Å². The third kappa shape index (κ3) is 3.89. The summed E-state index contributed by atoms with van der Waals surface area (Å²) in [6.45, 7) is 8.34. The fourth-order valence-electron chi connectivity index (χ4n) is 1.08. The van der Waals surface area contributed by atoms with Gasteiger partial charge >= 0.3 is 0 Å². The predicted octanol–water partition coefficient (Wildman–Crippen LogP) is 1.44. The van der Waals surface area contributed by atoms with E-state index in [1.54, 1.807) is 0 Å². The molecule has 0 bridgehead atoms. The molecule has 0 saturated carbocycles. The van der Waals surface area contributed by atoms with Gasteiger partial charge in [-0.2, -0.15) is 0 Å². The third-order valence-corrected chi connectivity index (χ3v) is 1.82. The first-order chi connectivity index (χ1) is 6.72. The highest BCUT2D eigenvalue weighted by molar-refractivity contribution is 5.00. The lowest BCUT2D eigenvalue weighted by Crippen LogP contribution is -2.21. The summed E-state index contributed by atoms with van der Waals surface area (Å²) >= 11 is 0. The largest absolute Gasteiger partial charge is 0.374 e. The van der Waals surface area contributed by atoms with Crippen LogP contribution in [0, 0.1) is 0 Å². The smallest absolute Gasteiger partial charge is 0.132 e. The number of ether oxygens (including phenoxy) is 1. The second kappa shape index (κ2) is 5.78. The molecule has 1 rings (SSSR count). The molecular formula is C10H19N3O. The molecule has 0 amide bonds. The molecule has 4 heteroatoms. The van der Waals surface area contributed by atoms with E-state index >= 15 is 0 Å². The first kappa shape index (κ1) is 11.2. The second-order valence-electron chi connectivity index (χ2n) is 3.53. The van der Waals surface area contributed by atoms with Crippen LogP contribution in [0.25, 0.3) is 0 Å². The van der Waals surface area contributed by atoms with Crippen LogP contribution in [0.3, 0.4) is 0 Å². The number of hydrogen-bond acceptors (Lipinski definition) is 3. The summed E-state index contributed by atoms with van der Waals surface area (Å²) in [5.74, 6) is 0.896. The van der Waals surface area contributed by atoms with E-state index in [1.807, 2.05) is 13.1 Å². The molecule has 1 aromatic heterocycles. The Kier molecular flexibility index (Phi) is 4.62. The zero-order valence-corrected chi connectivity index (χ0v) is 9.13. The molecule has 80 valence electrons. The minimum Gasteiger partial charge on any atom is -0.374 e. The van der Waals surface area contributed by atoms with Crippen molar-refractivity contribution >= 4 is 0 Å². The molecule has 0 aliphatic heterocycles. The SMILES string of the molecule is CCOCc1ncc(CNC(C)C)[nH]1. The lowest BCUT2D eigenvalue weighted by atomic mass is 10.4. The van der Waals surface area contributed by atoms with Crippen LogP contribution in [0.2, 0.25) is 0 Å². The van der Waals surface area contributed by atoms with Crippen molar-refractivity contribution in [2.75, 3.05) is 6.61 Å². The van der Waals surface area contributed by atoms with Gasteiger partial charge in [-0.25, -0.2) is 4.98 Å². The average molecular weight is 197 g/mol. The van der Waals surface area contributed by atoms with Crippen LogP contribution in [0.15, 0.2) is 6.20 Å². The Hall–Kier alpha value is -0.870. The average Bonchev–Trinajstić information content (AvgIpc) is 2.59. The van der Waals surface area contributed by atoms with E-state index < -0.39 is 0 Å². The summed E-state index contributed by atoms with van der Waals surface area (Å²) in [6.07, 6.45) is 1.85. The minimum absolute atomic E-state index is 0.494. The lowest BCUT2D eigenvalue weighted by Gasteiger charge is -2.05. The van der Waals surface area contributed by atoms with Crippen LogP contribution >= 0.6 is 0 Å². The maximum absolute atomic E-state index is 5.24. The van der Waals surface area contributed by atoms with Crippen molar-refractivity contribution in [3.63, 3.8) is 0 Å². The van der Waals surface area contributed by atoms with Gasteiger partial charge in [0.1, 0.15) is 12.4 Å². The normalized spacial score (nSPS) is 11.1. The number of nitrogens with zero attached hydrogens (tertiary/aromatic N) is 1. The highest BCUT2D eigenvalue weighted by Crippen LogP contribution is 1.99. The molecule has 0 aliphatic carbocycles. The number of aromatic amines is 1. The van der Waals surface area contributed by atoms with E-state index in [2.05, 4.69) is 29.1 Å². The van der Waals surface area contributed by atoms with Crippen LogP contribution < -0.4 is 5.32 Å². The fourth-order valence-corrected chi connectivity index (χ4v) is 1.08. The van der Waals surface area contributed by atoms with Crippen molar-refractivity contribution in [2.24, 2.45) is 0 Å². The number of nitrogens with one attached hydrogen (secondary N) is 2. The van der Waals surface area contributed by atoms with Crippen LogP contribution in [-0.2, 0) is 17.9 Å². The predicted molar refractivity (Wildman–Crippen MR) is 55.9 cm³/mol. The molecule has 1 aromatic rings. The van der Waals surface area contributed by atoms with Gasteiger partial charge in [-0.3, -0.25) is 0 Å². The van der Waals surface area contributed by atoms with E-state index in [9.17, 15) is 0 Å². The molecule has 0 fully saturated rings. The standard InChI is InChI=1S/C10H19N3O/c1-4-14-7-10-12-6-9(13-10)5-11-8(2)3/h6,8,11H,4-5,7H2,1-3H3,(H,12,13). The fraction of sp³-hybridized carbons (Fsp3) is 0.700. The van der Waals surface area contributed by atoms with Crippen molar-refractivity contribution < 1.29 is 4.74 Å². The van der Waals surface area contributed by atoms with E-state index in [-0.39, 0.29) is 0 Å². The summed E-state index contributed by atoms with van der Waals surface area (Å²) in [4.78, 5) is 7.42. The molecule has 0 atom stereocenters. The monoisotopic (exact) mass is 197 g/mol. The first-order valence-electron chi connectivity index (χ1n) is 5.06. The molecule has 4 nitrogen and oxygen atoms in total. The summed E-state index contributed by atoms with van der Waals surface area (Å²) in [5, 5.41) is 3.32. The summed E-state index contributed by atoms with van der Waals surface area (Å²) in [7, 11) is 0. The molecule has 1 heterocycles. The van der Waals surface area contributed by atoms with Gasteiger partial charge in [-0.05, 0) is 6.92 Å². The number of H-pyrrole nitrogens is 1. The van der Waals surface area contributed by atoms with Gasteiger partial charge < -0.3 is 15.0 Å². The van der Waals surface area contributed by atoms with Crippen molar-refractivity contribution in [2.45, 2.75) is 40.0 Å². The summed E-state index contributed by atoms with van der Waals surface area (Å²) in [5.41, 5.74) is 1.11. The maximum atomic E-state index is 5.24. The Bertz CT molecular complexity index is 258. The first-order valence-corrected chi connectivity index (χ1v) is 5.06. The molecule has 0 radical (unpaired) electrons. The quantitative estimate of drug-likeness (QED) is 0.725. The van der Waals surface area contributed by atoms with E-state index in [1.165, 1.54) is 0 Å². The Morgan fingerprint density at radius 1 is 1.57 bits per heavy atom. The van der Waals surface area contributed by atoms with Crippen LogP contribution in [0.5, 0.6) is 0 Å². The Morgan fingerprint density at radius 3 is 3.00 bits per heavy atom. The zero-order chi connectivity index (χ0) is 10.4. The Balaban J connectivity index is 2.35. The summed E-state index contributed by atoms with van der Waals surface area (Å²) < 4.78 is 5.24. The molecule has 0 aromatic carbocycles. The van der Waals surface area contributed by atoms with Gasteiger partial charge in [0.05, 0.1) is 0 Å². The van der Waals surface area contributed by atoms with Crippen molar-refractivity contribution in [3.8, 4) is 0 Å². The maximum Gasteiger partial charge on any atom is 0.132 e. The molecule has 0 aliphatic rings. The van der Waals surface area contributed by atoms with Crippen molar-refractivity contribution in [3.05, 3.63) is 17.7 Å². The zero-order valence-electron chi connectivity index (χ0n) is 9.13. The van der Waals surface area contributed by atoms with Gasteiger partial charge in [-0.1, -0.05) is 13.8 Å². The van der Waals surface area contributed by atoms with Gasteiger partial charge in [0.25, 0.3) is 0 Å². The lowest BCUT2D eigenvalue weighted by molar-refractivity contribution is 0.129. The highest BCUT2D eigenvalue weighted by Gasteiger charge is 2.00. The highest BCUT2D eigenvalue weighted by atomic mass is 16.5. The van der Waals surface area contributed by atoms with Gasteiger partial charge in [0, 0.05) is 31.1 Å². The van der Waals surface area contributed by atoms with Gasteiger partial charge in [-0.15, -0.1) is 0 Å². The topological polar surface area (TPSA) is 49.9 Å².